The van der Waals surface area contributed by atoms with E-state index in [0.29, 0.717) is 11.1 Å². The van der Waals surface area contributed by atoms with Crippen molar-refractivity contribution in [3.05, 3.63) is 69.8 Å². The van der Waals surface area contributed by atoms with E-state index in [-0.39, 0.29) is 11.3 Å². The summed E-state index contributed by atoms with van der Waals surface area (Å²) in [5.74, 6) is -0.331. The number of alkyl halides is 3. The van der Waals surface area contributed by atoms with Gasteiger partial charge >= 0.3 is 6.18 Å². The van der Waals surface area contributed by atoms with Crippen molar-refractivity contribution in [2.75, 3.05) is 0 Å². The molecule has 0 bridgehead atoms. The second kappa shape index (κ2) is 5.28. The third kappa shape index (κ3) is 2.66. The van der Waals surface area contributed by atoms with Gasteiger partial charge in [-0.3, -0.25) is 4.79 Å². The molecule has 0 fully saturated rings. The van der Waals surface area contributed by atoms with Crippen LogP contribution in [-0.2, 0) is 6.18 Å². The maximum absolute atomic E-state index is 12.6. The summed E-state index contributed by atoms with van der Waals surface area (Å²) in [6.45, 7) is 0. The van der Waals surface area contributed by atoms with Crippen molar-refractivity contribution in [2.24, 2.45) is 0 Å². The van der Waals surface area contributed by atoms with E-state index in [4.69, 9.17) is 0 Å². The maximum atomic E-state index is 12.6. The number of ketones is 1. The molecule has 1 heterocycles. The van der Waals surface area contributed by atoms with Gasteiger partial charge in [-0.25, -0.2) is 0 Å². The Morgan fingerprint density at radius 1 is 1.05 bits per heavy atom. The van der Waals surface area contributed by atoms with Gasteiger partial charge in [0.1, 0.15) is 0 Å². The van der Waals surface area contributed by atoms with Crippen LogP contribution in [0.1, 0.15) is 21.5 Å². The minimum absolute atomic E-state index is 0.210. The summed E-state index contributed by atoms with van der Waals surface area (Å²) in [4.78, 5) is 15.5. The highest BCUT2D eigenvalue weighted by molar-refractivity contribution is 9.10. The number of benzene rings is 2. The van der Waals surface area contributed by atoms with Crippen molar-refractivity contribution >= 4 is 32.6 Å². The third-order valence-electron chi connectivity index (χ3n) is 3.34. The topological polar surface area (TPSA) is 32.9 Å². The molecule has 6 heteroatoms. The van der Waals surface area contributed by atoms with Crippen molar-refractivity contribution in [2.45, 2.75) is 6.18 Å². The zero-order valence-electron chi connectivity index (χ0n) is 11.0. The third-order valence-corrected chi connectivity index (χ3v) is 3.80. The minimum Gasteiger partial charge on any atom is -0.361 e. The lowest BCUT2D eigenvalue weighted by Crippen LogP contribution is -2.07. The van der Waals surface area contributed by atoms with E-state index in [2.05, 4.69) is 20.9 Å². The molecule has 0 saturated carbocycles. The Morgan fingerprint density at radius 3 is 2.36 bits per heavy atom. The van der Waals surface area contributed by atoms with Gasteiger partial charge in [-0.2, -0.15) is 13.2 Å². The number of carbonyl (C=O) groups is 1. The largest absolute Gasteiger partial charge is 0.416 e. The number of H-pyrrole nitrogens is 1. The summed E-state index contributed by atoms with van der Waals surface area (Å²) in [7, 11) is 0. The van der Waals surface area contributed by atoms with E-state index >= 15 is 0 Å². The van der Waals surface area contributed by atoms with Crippen molar-refractivity contribution in [3.8, 4) is 0 Å². The van der Waals surface area contributed by atoms with Crippen LogP contribution in [0, 0.1) is 0 Å². The summed E-state index contributed by atoms with van der Waals surface area (Å²) >= 11 is 3.33. The molecule has 0 spiro atoms. The highest BCUT2D eigenvalue weighted by atomic mass is 79.9. The van der Waals surface area contributed by atoms with Gasteiger partial charge < -0.3 is 4.98 Å². The molecule has 0 radical (unpaired) electrons. The Labute approximate surface area is 132 Å². The molecule has 2 nitrogen and oxygen atoms in total. The first kappa shape index (κ1) is 14.8. The molecule has 0 atom stereocenters. The first-order valence-corrected chi connectivity index (χ1v) is 7.14. The molecule has 0 aliphatic carbocycles. The van der Waals surface area contributed by atoms with Gasteiger partial charge in [0.25, 0.3) is 0 Å². The van der Waals surface area contributed by atoms with Gasteiger partial charge in [0, 0.05) is 27.2 Å². The highest BCUT2D eigenvalue weighted by Gasteiger charge is 2.30. The van der Waals surface area contributed by atoms with E-state index in [1.165, 1.54) is 12.1 Å². The van der Waals surface area contributed by atoms with E-state index in [0.717, 1.165) is 22.0 Å². The number of aromatic amines is 1. The number of aromatic nitrogens is 1. The molecule has 1 N–H and O–H groups in total. The predicted molar refractivity (Wildman–Crippen MR) is 80.9 cm³/mol. The van der Waals surface area contributed by atoms with Crippen LogP contribution in [0.15, 0.2) is 53.1 Å². The first-order valence-electron chi connectivity index (χ1n) is 6.35. The van der Waals surface area contributed by atoms with E-state index in [1.807, 2.05) is 12.1 Å². The quantitative estimate of drug-likeness (QED) is 0.622. The zero-order chi connectivity index (χ0) is 15.9. The van der Waals surface area contributed by atoms with Gasteiger partial charge in [-0.1, -0.05) is 28.1 Å². The van der Waals surface area contributed by atoms with E-state index in [1.54, 1.807) is 12.3 Å². The molecule has 0 unspecified atom stereocenters. The second-order valence-electron chi connectivity index (χ2n) is 4.80. The lowest BCUT2D eigenvalue weighted by atomic mass is 10.00. The fourth-order valence-corrected chi connectivity index (χ4v) is 2.76. The maximum Gasteiger partial charge on any atom is 0.416 e. The molecule has 0 aliphatic rings. The summed E-state index contributed by atoms with van der Waals surface area (Å²) in [5.41, 5.74) is 0.507. The highest BCUT2D eigenvalue weighted by Crippen LogP contribution is 2.30. The van der Waals surface area contributed by atoms with Crippen molar-refractivity contribution in [1.29, 1.82) is 0 Å². The summed E-state index contributed by atoms with van der Waals surface area (Å²) < 4.78 is 38.4. The molecular formula is C16H9BrF3NO. The predicted octanol–water partition coefficient (Wildman–Crippen LogP) is 5.18. The van der Waals surface area contributed by atoms with Crippen LogP contribution in [0.3, 0.4) is 0 Å². The molecule has 1 aromatic heterocycles. The van der Waals surface area contributed by atoms with Crippen LogP contribution in [0.4, 0.5) is 13.2 Å². The fraction of sp³-hybridized carbons (Fsp3) is 0.0625. The summed E-state index contributed by atoms with van der Waals surface area (Å²) in [5, 5.41) is 0.852. The molecule has 0 aliphatic heterocycles. The number of hydrogen-bond donors (Lipinski definition) is 1. The monoisotopic (exact) mass is 367 g/mol. The molecule has 3 aromatic rings. The van der Waals surface area contributed by atoms with Crippen molar-refractivity contribution in [1.82, 2.24) is 4.98 Å². The first-order chi connectivity index (χ1) is 10.4. The Hall–Kier alpha value is -2.08. The zero-order valence-corrected chi connectivity index (χ0v) is 12.6. The van der Waals surface area contributed by atoms with Crippen LogP contribution in [0.5, 0.6) is 0 Å². The number of hydrogen-bond acceptors (Lipinski definition) is 1. The molecule has 22 heavy (non-hydrogen) atoms. The number of nitrogens with one attached hydrogen (secondary N) is 1. The fourth-order valence-electron chi connectivity index (χ4n) is 2.28. The lowest BCUT2D eigenvalue weighted by molar-refractivity contribution is -0.137. The number of rotatable bonds is 2. The van der Waals surface area contributed by atoms with Crippen LogP contribution in [0.25, 0.3) is 10.9 Å². The van der Waals surface area contributed by atoms with Crippen LogP contribution in [0.2, 0.25) is 0 Å². The Kier molecular flexibility index (Phi) is 3.56. The molecule has 3 rings (SSSR count). The van der Waals surface area contributed by atoms with Gasteiger partial charge in [-0.05, 0) is 30.3 Å². The molecule has 2 aromatic carbocycles. The van der Waals surface area contributed by atoms with Gasteiger partial charge in [0.15, 0.2) is 5.78 Å². The number of halogens is 4. The average Bonchev–Trinajstić information content (AvgIpc) is 2.93. The van der Waals surface area contributed by atoms with E-state index < -0.39 is 11.7 Å². The Morgan fingerprint density at radius 2 is 1.73 bits per heavy atom. The van der Waals surface area contributed by atoms with Crippen LogP contribution >= 0.6 is 15.9 Å². The molecule has 0 saturated heterocycles. The number of fused-ring (bicyclic) bond motifs is 1. The lowest BCUT2D eigenvalue weighted by Gasteiger charge is -2.08. The van der Waals surface area contributed by atoms with E-state index in [9.17, 15) is 18.0 Å². The summed E-state index contributed by atoms with van der Waals surface area (Å²) in [6.07, 6.45) is -2.70. The smallest absolute Gasteiger partial charge is 0.361 e. The van der Waals surface area contributed by atoms with Gasteiger partial charge in [-0.15, -0.1) is 0 Å². The van der Waals surface area contributed by atoms with Crippen LogP contribution < -0.4 is 0 Å². The standard InChI is InChI=1S/C16H9BrF3NO/c17-12-7-10-5-6-21-14(10)13(8-12)15(22)9-1-3-11(4-2-9)16(18,19)20/h1-8,21H. The molecular weight excluding hydrogens is 359 g/mol. The van der Waals surface area contributed by atoms with Crippen molar-refractivity contribution < 1.29 is 18.0 Å². The van der Waals surface area contributed by atoms with Crippen molar-refractivity contribution in [3.63, 3.8) is 0 Å². The molecule has 0 amide bonds. The minimum atomic E-state index is -4.41. The Balaban J connectivity index is 2.04. The van der Waals surface area contributed by atoms with Crippen LogP contribution in [-0.4, -0.2) is 10.8 Å². The van der Waals surface area contributed by atoms with Gasteiger partial charge in [0.2, 0.25) is 0 Å². The SMILES string of the molecule is O=C(c1ccc(C(F)(F)F)cc1)c1cc(Br)cc2cc[nH]c12. The second-order valence-corrected chi connectivity index (χ2v) is 5.72. The molecule has 112 valence electrons. The average molecular weight is 368 g/mol. The summed E-state index contributed by atoms with van der Waals surface area (Å²) in [6, 6.07) is 9.55. The normalized spacial score (nSPS) is 11.8. The Bertz CT molecular complexity index is 850. The van der Waals surface area contributed by atoms with Gasteiger partial charge in [0.05, 0.1) is 11.1 Å². The number of carbonyl (C=O) groups excluding carboxylic acids is 1.